The molecule has 2 aliphatic carbocycles. The zero-order valence-electron chi connectivity index (χ0n) is 12.7. The Balaban J connectivity index is 1.55. The Bertz CT molecular complexity index is 701. The van der Waals surface area contributed by atoms with Crippen molar-refractivity contribution in [2.24, 2.45) is 23.7 Å². The summed E-state index contributed by atoms with van der Waals surface area (Å²) < 4.78 is 0. The molecular weight excluding hydrogens is 332 g/mol. The maximum Gasteiger partial charge on any atom is 0.307 e. The van der Waals surface area contributed by atoms with Crippen LogP contribution in [0.15, 0.2) is 36.4 Å². The summed E-state index contributed by atoms with van der Waals surface area (Å²) in [5.41, 5.74) is 5.48. The van der Waals surface area contributed by atoms with E-state index in [1.165, 1.54) is 0 Å². The van der Waals surface area contributed by atoms with E-state index in [-0.39, 0.29) is 24.2 Å². The molecule has 1 saturated carbocycles. The summed E-state index contributed by atoms with van der Waals surface area (Å²) >= 11 is 5.78. The van der Waals surface area contributed by atoms with Gasteiger partial charge in [-0.05, 0) is 36.0 Å². The van der Waals surface area contributed by atoms with E-state index < -0.39 is 23.7 Å². The SMILES string of the molecule is O=C(Cc1ccc(Cl)cc1)NNC(=O)[C@@H]1[C@H](C(=O)O)[C@@H]2C=C[C@H]1C2. The number of hydrogen-bond donors (Lipinski definition) is 3. The van der Waals surface area contributed by atoms with Crippen molar-refractivity contribution < 1.29 is 19.5 Å². The minimum absolute atomic E-state index is 0.0794. The van der Waals surface area contributed by atoms with Crippen LogP contribution in [-0.4, -0.2) is 22.9 Å². The van der Waals surface area contributed by atoms with Gasteiger partial charge < -0.3 is 5.11 Å². The molecular formula is C17H17ClN2O4. The third-order valence-corrected chi connectivity index (χ3v) is 4.90. The Labute approximate surface area is 143 Å². The number of nitrogens with one attached hydrogen (secondary N) is 2. The zero-order chi connectivity index (χ0) is 17.3. The molecule has 2 amide bonds. The first-order valence-corrected chi connectivity index (χ1v) is 8.08. The Morgan fingerprint density at radius 3 is 2.29 bits per heavy atom. The molecule has 0 spiro atoms. The summed E-state index contributed by atoms with van der Waals surface area (Å²) in [7, 11) is 0. The van der Waals surface area contributed by atoms with Crippen LogP contribution in [0.4, 0.5) is 0 Å². The normalized spacial score (nSPS) is 27.0. The average molecular weight is 349 g/mol. The quantitative estimate of drug-likeness (QED) is 0.568. The number of rotatable bonds is 4. The van der Waals surface area contributed by atoms with Crippen LogP contribution in [0.25, 0.3) is 0 Å². The van der Waals surface area contributed by atoms with E-state index in [1.54, 1.807) is 24.3 Å². The highest BCUT2D eigenvalue weighted by Crippen LogP contribution is 2.48. The molecule has 0 aliphatic heterocycles. The molecule has 0 saturated heterocycles. The van der Waals surface area contributed by atoms with Gasteiger partial charge in [-0.2, -0.15) is 0 Å². The van der Waals surface area contributed by atoms with E-state index in [0.717, 1.165) is 5.56 Å². The summed E-state index contributed by atoms with van der Waals surface area (Å²) in [5, 5.41) is 9.92. The van der Waals surface area contributed by atoms with E-state index >= 15 is 0 Å². The maximum atomic E-state index is 12.3. The number of halogens is 1. The van der Waals surface area contributed by atoms with Gasteiger partial charge in [-0.1, -0.05) is 35.9 Å². The van der Waals surface area contributed by atoms with Crippen LogP contribution in [0.5, 0.6) is 0 Å². The third kappa shape index (κ3) is 3.28. The molecule has 2 aliphatic rings. The minimum Gasteiger partial charge on any atom is -0.481 e. The average Bonchev–Trinajstić information content (AvgIpc) is 3.15. The Morgan fingerprint density at radius 1 is 1.04 bits per heavy atom. The summed E-state index contributed by atoms with van der Waals surface area (Å²) in [6.07, 6.45) is 4.53. The fourth-order valence-electron chi connectivity index (χ4n) is 3.56. The van der Waals surface area contributed by atoms with Crippen molar-refractivity contribution in [2.75, 3.05) is 0 Å². The van der Waals surface area contributed by atoms with Gasteiger partial charge in [0.25, 0.3) is 0 Å². The van der Waals surface area contributed by atoms with Crippen LogP contribution in [0, 0.1) is 23.7 Å². The lowest BCUT2D eigenvalue weighted by molar-refractivity contribution is -0.148. The van der Waals surface area contributed by atoms with Crippen LogP contribution in [0.3, 0.4) is 0 Å². The predicted octanol–water partition coefficient (Wildman–Crippen LogP) is 1.55. The molecule has 0 heterocycles. The molecule has 24 heavy (non-hydrogen) atoms. The molecule has 4 atom stereocenters. The molecule has 1 aromatic rings. The van der Waals surface area contributed by atoms with E-state index in [1.807, 2.05) is 12.2 Å². The molecule has 1 fully saturated rings. The van der Waals surface area contributed by atoms with Gasteiger partial charge in [-0.3, -0.25) is 25.2 Å². The lowest BCUT2D eigenvalue weighted by Gasteiger charge is -2.23. The van der Waals surface area contributed by atoms with Crippen LogP contribution in [0.1, 0.15) is 12.0 Å². The standard InChI is InChI=1S/C17H17ClN2O4/c18-12-5-1-9(2-6-12)7-13(21)19-20-16(22)14-10-3-4-11(8-10)15(14)17(23)24/h1-6,10-11,14-15H,7-8H2,(H,19,21)(H,20,22)(H,23,24)/t10-,11+,14-,15+/m0/s1. The van der Waals surface area contributed by atoms with Crippen molar-refractivity contribution >= 4 is 29.4 Å². The first kappa shape index (κ1) is 16.5. The number of carbonyl (C=O) groups is 3. The van der Waals surface area contributed by atoms with Gasteiger partial charge in [0.15, 0.2) is 0 Å². The number of aliphatic carboxylic acids is 1. The van der Waals surface area contributed by atoms with Gasteiger partial charge in [0, 0.05) is 5.02 Å². The topological polar surface area (TPSA) is 95.5 Å². The van der Waals surface area contributed by atoms with Crippen LogP contribution < -0.4 is 10.9 Å². The van der Waals surface area contributed by atoms with Gasteiger partial charge in [0.2, 0.25) is 11.8 Å². The highest BCUT2D eigenvalue weighted by molar-refractivity contribution is 6.30. The smallest absolute Gasteiger partial charge is 0.307 e. The molecule has 3 N–H and O–H groups in total. The summed E-state index contributed by atoms with van der Waals surface area (Å²) in [5.74, 6) is -3.36. The van der Waals surface area contributed by atoms with Gasteiger partial charge in [-0.25, -0.2) is 0 Å². The number of benzene rings is 1. The lowest BCUT2D eigenvalue weighted by atomic mass is 9.82. The Hall–Kier alpha value is -2.34. The Kier molecular flexibility index (Phi) is 4.57. The number of allylic oxidation sites excluding steroid dienone is 2. The second kappa shape index (κ2) is 6.65. The van der Waals surface area contributed by atoms with E-state index in [9.17, 15) is 19.5 Å². The summed E-state index contributed by atoms with van der Waals surface area (Å²) in [4.78, 5) is 35.6. The summed E-state index contributed by atoms with van der Waals surface area (Å²) in [6.45, 7) is 0. The van der Waals surface area contributed by atoms with Gasteiger partial charge in [-0.15, -0.1) is 0 Å². The van der Waals surface area contributed by atoms with Crippen LogP contribution >= 0.6 is 11.6 Å². The molecule has 7 heteroatoms. The number of hydrogen-bond acceptors (Lipinski definition) is 3. The van der Waals surface area contributed by atoms with Crippen molar-refractivity contribution in [3.05, 3.63) is 47.0 Å². The Morgan fingerprint density at radius 2 is 1.67 bits per heavy atom. The van der Waals surface area contributed by atoms with Gasteiger partial charge in [0.1, 0.15) is 0 Å². The molecule has 6 nitrogen and oxygen atoms in total. The van der Waals surface area contributed by atoms with Crippen molar-refractivity contribution in [2.45, 2.75) is 12.8 Å². The number of carboxylic acids is 1. The number of hydrazine groups is 1. The fourth-order valence-corrected chi connectivity index (χ4v) is 3.69. The monoisotopic (exact) mass is 348 g/mol. The second-order valence-electron chi connectivity index (χ2n) is 6.18. The molecule has 0 unspecified atom stereocenters. The molecule has 3 rings (SSSR count). The number of carboxylic acid groups (broad SMARTS) is 1. The predicted molar refractivity (Wildman–Crippen MR) is 86.8 cm³/mol. The largest absolute Gasteiger partial charge is 0.481 e. The number of fused-ring (bicyclic) bond motifs is 2. The molecule has 0 aromatic heterocycles. The highest BCUT2D eigenvalue weighted by Gasteiger charge is 2.51. The molecule has 126 valence electrons. The minimum atomic E-state index is -0.973. The number of carbonyl (C=O) groups excluding carboxylic acids is 2. The van der Waals surface area contributed by atoms with Gasteiger partial charge >= 0.3 is 5.97 Å². The third-order valence-electron chi connectivity index (χ3n) is 4.65. The number of amides is 2. The van der Waals surface area contributed by atoms with Crippen molar-refractivity contribution in [1.29, 1.82) is 0 Å². The molecule has 1 aromatic carbocycles. The van der Waals surface area contributed by atoms with Crippen molar-refractivity contribution in [1.82, 2.24) is 10.9 Å². The zero-order valence-corrected chi connectivity index (χ0v) is 13.5. The summed E-state index contributed by atoms with van der Waals surface area (Å²) in [6, 6.07) is 6.82. The van der Waals surface area contributed by atoms with Crippen molar-refractivity contribution in [3.63, 3.8) is 0 Å². The van der Waals surface area contributed by atoms with Crippen LogP contribution in [0.2, 0.25) is 5.02 Å². The lowest BCUT2D eigenvalue weighted by Crippen LogP contribution is -2.48. The maximum absolute atomic E-state index is 12.3. The second-order valence-corrected chi connectivity index (χ2v) is 6.62. The first-order valence-electron chi connectivity index (χ1n) is 7.70. The van der Waals surface area contributed by atoms with E-state index in [2.05, 4.69) is 10.9 Å². The fraction of sp³-hybridized carbons (Fsp3) is 0.353. The van der Waals surface area contributed by atoms with Crippen LogP contribution in [-0.2, 0) is 20.8 Å². The first-order chi connectivity index (χ1) is 11.5. The molecule has 0 radical (unpaired) electrons. The highest BCUT2D eigenvalue weighted by atomic mass is 35.5. The van der Waals surface area contributed by atoms with Gasteiger partial charge in [0.05, 0.1) is 18.3 Å². The van der Waals surface area contributed by atoms with Crippen molar-refractivity contribution in [3.8, 4) is 0 Å². The molecule has 2 bridgehead atoms. The van der Waals surface area contributed by atoms with E-state index in [0.29, 0.717) is 11.4 Å². The van der Waals surface area contributed by atoms with E-state index in [4.69, 9.17) is 11.6 Å².